The summed E-state index contributed by atoms with van der Waals surface area (Å²) in [6.07, 6.45) is 0.837. The molecule has 1 aliphatic heterocycles. The topological polar surface area (TPSA) is 194 Å². The monoisotopic (exact) mass is 633 g/mol. The molecule has 8 N–H and O–H groups in total. The third-order valence-corrected chi connectivity index (χ3v) is 9.67. The highest BCUT2D eigenvalue weighted by molar-refractivity contribution is 7.92. The second kappa shape index (κ2) is 14.4. The van der Waals surface area contributed by atoms with E-state index in [0.717, 1.165) is 48.3 Å². The van der Waals surface area contributed by atoms with E-state index in [1.54, 1.807) is 28.8 Å². The Bertz CT molecular complexity index is 1500. The number of ketones is 1. The van der Waals surface area contributed by atoms with E-state index in [2.05, 4.69) is 30.9 Å². The smallest absolute Gasteiger partial charge is 0.264 e. The Balaban J connectivity index is 1.37. The number of aromatic nitrogens is 1. The number of Topliss-reactive ketones (excluding diaryl/α,β-unsaturated/α-hetero) is 1. The fourth-order valence-corrected chi connectivity index (χ4v) is 7.06. The van der Waals surface area contributed by atoms with Crippen molar-refractivity contribution in [3.05, 3.63) is 51.7 Å². The molecule has 0 saturated carbocycles. The molecule has 2 aromatic heterocycles. The maximum atomic E-state index is 13.3. The van der Waals surface area contributed by atoms with Gasteiger partial charge < -0.3 is 31.9 Å². The van der Waals surface area contributed by atoms with E-state index in [4.69, 9.17) is 16.1 Å². The van der Waals surface area contributed by atoms with Crippen LogP contribution >= 0.6 is 22.7 Å². The molecule has 0 radical (unpaired) electrons. The van der Waals surface area contributed by atoms with Crippen molar-refractivity contribution in [3.8, 4) is 0 Å². The lowest BCUT2D eigenvalue weighted by atomic mass is 10.1. The Kier molecular flexibility index (Phi) is 10.7. The summed E-state index contributed by atoms with van der Waals surface area (Å²) in [6.45, 7) is 5.89. The van der Waals surface area contributed by atoms with Gasteiger partial charge in [0.05, 0.1) is 28.9 Å². The van der Waals surface area contributed by atoms with Gasteiger partial charge in [0.2, 0.25) is 0 Å². The normalized spacial score (nSPS) is 14.2. The number of amides is 1. The number of rotatable bonds is 14. The van der Waals surface area contributed by atoms with Gasteiger partial charge in [-0.25, -0.2) is 13.4 Å². The lowest BCUT2D eigenvalue weighted by Crippen LogP contribution is -2.43. The number of nitrogens with one attached hydrogen (secondary N) is 6. The first-order chi connectivity index (χ1) is 20.1. The molecule has 4 rings (SSSR count). The summed E-state index contributed by atoms with van der Waals surface area (Å²) in [5.41, 5.74) is 6.87. The molecule has 13 nitrogen and oxygen atoms in total. The molecular weight excluding hydrogens is 599 g/mol. The van der Waals surface area contributed by atoms with Crippen LogP contribution in [-0.4, -0.2) is 69.8 Å². The van der Waals surface area contributed by atoms with E-state index in [0.29, 0.717) is 31.6 Å². The number of anilines is 3. The van der Waals surface area contributed by atoms with Gasteiger partial charge >= 0.3 is 0 Å². The number of carbonyl (C=O) groups is 2. The van der Waals surface area contributed by atoms with Gasteiger partial charge in [0.1, 0.15) is 4.88 Å². The van der Waals surface area contributed by atoms with Crippen LogP contribution in [0.3, 0.4) is 0 Å². The SMILES string of the molecule is CC(=O)C(CCCNC(=N)N)NC(=O)c1sccc1NS(=O)(=O)c1cccc(NCc2csc(N3CCNCC3)n2)c1. The standard InChI is InChI=1S/C26H35N9O4S3/c1-17(36)21(6-3-8-30-25(27)28)33-24(37)23-22(7-13-40-23)34-42(38,39)20-5-2-4-18(14-20)31-15-19-16-41-26(32-19)35-11-9-29-10-12-35/h2,4-5,7,13-14,16,21,29,31,34H,3,6,8-12,15H2,1H3,(H,33,37)(H4,27,28,30). The number of benzene rings is 1. The minimum absolute atomic E-state index is 0.0319. The summed E-state index contributed by atoms with van der Waals surface area (Å²) in [6, 6.07) is 7.18. The molecule has 0 bridgehead atoms. The number of thiophene rings is 1. The molecule has 226 valence electrons. The Morgan fingerprint density at radius 2 is 2.00 bits per heavy atom. The molecule has 1 atom stereocenters. The van der Waals surface area contributed by atoms with Crippen LogP contribution in [0.15, 0.2) is 46.0 Å². The van der Waals surface area contributed by atoms with E-state index in [-0.39, 0.29) is 27.2 Å². The van der Waals surface area contributed by atoms with Crippen molar-refractivity contribution in [2.24, 2.45) is 5.73 Å². The van der Waals surface area contributed by atoms with Gasteiger partial charge in [0.15, 0.2) is 16.9 Å². The van der Waals surface area contributed by atoms with Crippen molar-refractivity contribution in [1.82, 2.24) is 20.9 Å². The number of carbonyl (C=O) groups excluding carboxylic acids is 2. The molecule has 1 aromatic carbocycles. The fraction of sp³-hybridized carbons (Fsp3) is 0.385. The Labute approximate surface area is 252 Å². The maximum Gasteiger partial charge on any atom is 0.264 e. The predicted octanol–water partition coefficient (Wildman–Crippen LogP) is 1.98. The first-order valence-electron chi connectivity index (χ1n) is 13.4. The van der Waals surface area contributed by atoms with E-state index in [1.165, 1.54) is 25.1 Å². The van der Waals surface area contributed by atoms with Gasteiger partial charge in [0.25, 0.3) is 15.9 Å². The molecule has 1 fully saturated rings. The lowest BCUT2D eigenvalue weighted by molar-refractivity contribution is -0.119. The summed E-state index contributed by atoms with van der Waals surface area (Å²) in [4.78, 5) is 32.2. The van der Waals surface area contributed by atoms with E-state index < -0.39 is 22.0 Å². The van der Waals surface area contributed by atoms with Crippen LogP contribution in [0.4, 0.5) is 16.5 Å². The van der Waals surface area contributed by atoms with Crippen molar-refractivity contribution in [1.29, 1.82) is 5.41 Å². The zero-order valence-electron chi connectivity index (χ0n) is 23.1. The lowest BCUT2D eigenvalue weighted by Gasteiger charge is -2.26. The number of hydrogen-bond acceptors (Lipinski definition) is 11. The third-order valence-electron chi connectivity index (χ3n) is 6.44. The summed E-state index contributed by atoms with van der Waals surface area (Å²) >= 11 is 2.66. The van der Waals surface area contributed by atoms with Crippen LogP contribution in [0.2, 0.25) is 0 Å². The van der Waals surface area contributed by atoms with Gasteiger partial charge in [-0.2, -0.15) is 0 Å². The number of hydrogen-bond donors (Lipinski definition) is 7. The van der Waals surface area contributed by atoms with Crippen molar-refractivity contribution in [2.75, 3.05) is 47.7 Å². The first-order valence-corrected chi connectivity index (χ1v) is 16.6. The maximum absolute atomic E-state index is 13.3. The van der Waals surface area contributed by atoms with E-state index >= 15 is 0 Å². The van der Waals surface area contributed by atoms with Crippen LogP contribution in [0, 0.1) is 5.41 Å². The molecule has 0 spiro atoms. The van der Waals surface area contributed by atoms with Gasteiger partial charge in [-0.3, -0.25) is 19.7 Å². The van der Waals surface area contributed by atoms with Gasteiger partial charge in [-0.1, -0.05) is 6.07 Å². The quantitative estimate of drug-likeness (QED) is 0.0784. The van der Waals surface area contributed by atoms with Crippen LogP contribution in [0.25, 0.3) is 0 Å². The van der Waals surface area contributed by atoms with Crippen molar-refractivity contribution in [3.63, 3.8) is 0 Å². The molecule has 3 aromatic rings. The highest BCUT2D eigenvalue weighted by atomic mass is 32.2. The highest BCUT2D eigenvalue weighted by Crippen LogP contribution is 2.27. The number of sulfonamides is 1. The molecule has 42 heavy (non-hydrogen) atoms. The van der Waals surface area contributed by atoms with Crippen LogP contribution in [0.5, 0.6) is 0 Å². The molecule has 16 heteroatoms. The van der Waals surface area contributed by atoms with Gasteiger partial charge in [0, 0.05) is 43.8 Å². The number of nitrogens with zero attached hydrogens (tertiary/aromatic N) is 2. The fourth-order valence-electron chi connectivity index (χ4n) is 4.24. The van der Waals surface area contributed by atoms with Crippen molar-refractivity contribution < 1.29 is 18.0 Å². The average molecular weight is 634 g/mol. The van der Waals surface area contributed by atoms with E-state index in [1.807, 2.05) is 5.38 Å². The number of nitrogens with two attached hydrogens (primary N) is 1. The number of piperazine rings is 1. The highest BCUT2D eigenvalue weighted by Gasteiger charge is 2.24. The number of guanidine groups is 1. The third kappa shape index (κ3) is 8.64. The zero-order chi connectivity index (χ0) is 30.1. The Hall–Kier alpha value is -3.73. The van der Waals surface area contributed by atoms with Crippen molar-refractivity contribution in [2.45, 2.75) is 37.2 Å². The molecule has 1 aliphatic rings. The molecular formula is C26H35N9O4S3. The summed E-state index contributed by atoms with van der Waals surface area (Å²) in [7, 11) is -4.02. The van der Waals surface area contributed by atoms with Crippen LogP contribution < -0.4 is 36.6 Å². The van der Waals surface area contributed by atoms with Crippen LogP contribution in [0.1, 0.15) is 35.1 Å². The first kappa shape index (κ1) is 31.2. The molecule has 1 amide bonds. The Morgan fingerprint density at radius 1 is 1.21 bits per heavy atom. The number of thiazole rings is 1. The minimum atomic E-state index is -4.02. The largest absolute Gasteiger partial charge is 0.379 e. The summed E-state index contributed by atoms with van der Waals surface area (Å²) in [5.74, 6) is -0.956. The van der Waals surface area contributed by atoms with E-state index in [9.17, 15) is 18.0 Å². The second-order valence-electron chi connectivity index (χ2n) is 9.63. The summed E-state index contributed by atoms with van der Waals surface area (Å²) in [5, 5.41) is 23.7. The zero-order valence-corrected chi connectivity index (χ0v) is 25.6. The molecule has 1 saturated heterocycles. The predicted molar refractivity (Wildman–Crippen MR) is 167 cm³/mol. The van der Waals surface area contributed by atoms with Crippen molar-refractivity contribution >= 4 is 66.9 Å². The Morgan fingerprint density at radius 3 is 2.74 bits per heavy atom. The second-order valence-corrected chi connectivity index (χ2v) is 13.1. The minimum Gasteiger partial charge on any atom is -0.379 e. The van der Waals surface area contributed by atoms with Crippen LogP contribution in [-0.2, 0) is 21.4 Å². The van der Waals surface area contributed by atoms with Gasteiger partial charge in [-0.05, 0) is 49.4 Å². The summed E-state index contributed by atoms with van der Waals surface area (Å²) < 4.78 is 29.0. The average Bonchev–Trinajstić information content (AvgIpc) is 3.63. The molecule has 3 heterocycles. The van der Waals surface area contributed by atoms with Gasteiger partial charge in [-0.15, -0.1) is 22.7 Å². The molecule has 1 unspecified atom stereocenters. The molecule has 0 aliphatic carbocycles.